The number of unbranched alkanes of at least 4 members (excludes halogenated alkanes) is 5. The average molecular weight is 617 g/mol. The first kappa shape index (κ1) is 30.7. The highest BCUT2D eigenvalue weighted by Gasteiger charge is 2.17. The Balaban J connectivity index is 1.38. The zero-order valence-electron chi connectivity index (χ0n) is 22.8. The average Bonchev–Trinajstić information content (AvgIpc) is 3.58. The zero-order valence-corrected chi connectivity index (χ0v) is 25.2. The molecule has 1 amide bonds. The Hall–Kier alpha value is -3.25. The van der Waals surface area contributed by atoms with Gasteiger partial charge >= 0.3 is 0 Å². The van der Waals surface area contributed by atoms with E-state index in [0.29, 0.717) is 51.4 Å². The maximum atomic E-state index is 12.6. The summed E-state index contributed by atoms with van der Waals surface area (Å²) in [6.07, 6.45) is 6.90. The standard InChI is InChI=1S/C29H33ClN4O5S2/c1-38-24-13-9-12-23-28(24)29(33-39-41(37)27-16-15-25(30)40-27)32-34(23)20-22-11-8-10-21(18-22)19-31-26(36)14-6-4-2-3-5-7-17-35/h8-13,15-18H,2-7,14,19-20H2,1H3,(H,31,36)(H,32,33). The molecule has 2 aromatic heterocycles. The van der Waals surface area contributed by atoms with Crippen molar-refractivity contribution in [3.8, 4) is 5.75 Å². The lowest BCUT2D eigenvalue weighted by molar-refractivity contribution is -0.121. The molecule has 9 nitrogen and oxygen atoms in total. The van der Waals surface area contributed by atoms with Crippen molar-refractivity contribution >= 4 is 62.9 Å². The van der Waals surface area contributed by atoms with Crippen molar-refractivity contribution in [3.05, 3.63) is 70.1 Å². The number of halogens is 1. The summed E-state index contributed by atoms with van der Waals surface area (Å²) < 4.78 is 26.4. The normalized spacial score (nSPS) is 11.9. The number of aromatic nitrogens is 2. The van der Waals surface area contributed by atoms with Gasteiger partial charge in [-0.3, -0.25) is 9.48 Å². The van der Waals surface area contributed by atoms with Crippen molar-refractivity contribution in [2.75, 3.05) is 12.6 Å². The van der Waals surface area contributed by atoms with Gasteiger partial charge in [-0.05, 0) is 48.2 Å². The molecule has 0 aliphatic rings. The third-order valence-electron chi connectivity index (χ3n) is 6.43. The van der Waals surface area contributed by atoms with Crippen molar-refractivity contribution < 1.29 is 22.8 Å². The van der Waals surface area contributed by atoms with E-state index in [1.807, 2.05) is 47.1 Å². The molecule has 0 radical (unpaired) electrons. The van der Waals surface area contributed by atoms with E-state index in [1.165, 1.54) is 11.3 Å². The van der Waals surface area contributed by atoms with E-state index >= 15 is 0 Å². The summed E-state index contributed by atoms with van der Waals surface area (Å²) >= 11 is 5.36. The molecule has 12 heteroatoms. The lowest BCUT2D eigenvalue weighted by atomic mass is 10.1. The molecule has 2 N–H and O–H groups in total. The van der Waals surface area contributed by atoms with Gasteiger partial charge in [0.25, 0.3) is 0 Å². The number of carbonyl (C=O) groups is 2. The number of rotatable bonds is 17. The lowest BCUT2D eigenvalue weighted by Crippen LogP contribution is -2.22. The van der Waals surface area contributed by atoms with Gasteiger partial charge in [0.05, 0.1) is 28.9 Å². The first-order chi connectivity index (χ1) is 20.0. The van der Waals surface area contributed by atoms with Crippen molar-refractivity contribution in [1.29, 1.82) is 0 Å². The molecule has 4 aromatic rings. The van der Waals surface area contributed by atoms with Crippen LogP contribution in [0.2, 0.25) is 4.34 Å². The molecule has 4 rings (SSSR count). The number of aldehydes is 1. The smallest absolute Gasteiger partial charge is 0.222 e. The predicted molar refractivity (Wildman–Crippen MR) is 163 cm³/mol. The van der Waals surface area contributed by atoms with E-state index in [0.717, 1.165) is 55.0 Å². The van der Waals surface area contributed by atoms with E-state index < -0.39 is 11.1 Å². The highest BCUT2D eigenvalue weighted by molar-refractivity contribution is 7.82. The Morgan fingerprint density at radius 1 is 1.07 bits per heavy atom. The number of fused-ring (bicyclic) bond motifs is 1. The molecule has 2 aromatic carbocycles. The third kappa shape index (κ3) is 8.87. The van der Waals surface area contributed by atoms with Gasteiger partial charge in [0.1, 0.15) is 16.2 Å². The fourth-order valence-electron chi connectivity index (χ4n) is 4.41. The Morgan fingerprint density at radius 3 is 2.63 bits per heavy atom. The molecule has 218 valence electrons. The van der Waals surface area contributed by atoms with Crippen LogP contribution in [0.1, 0.15) is 56.1 Å². The van der Waals surface area contributed by atoms with E-state index in [9.17, 15) is 13.8 Å². The van der Waals surface area contributed by atoms with E-state index in [-0.39, 0.29) is 5.91 Å². The number of benzene rings is 2. The number of carbonyl (C=O) groups excluding carboxylic acids is 2. The number of amides is 1. The minimum atomic E-state index is -1.77. The molecule has 1 unspecified atom stereocenters. The summed E-state index contributed by atoms with van der Waals surface area (Å²) in [7, 11) is 1.58. The topological polar surface area (TPSA) is 112 Å². The van der Waals surface area contributed by atoms with Gasteiger partial charge in [0.15, 0.2) is 5.82 Å². The van der Waals surface area contributed by atoms with Crippen LogP contribution in [0, 0.1) is 0 Å². The Bertz CT molecular complexity index is 1490. The fourth-order valence-corrected chi connectivity index (χ4v) is 6.38. The van der Waals surface area contributed by atoms with Crippen LogP contribution < -0.4 is 15.5 Å². The molecule has 2 heterocycles. The van der Waals surface area contributed by atoms with Gasteiger partial charge in [0, 0.05) is 19.4 Å². The zero-order chi connectivity index (χ0) is 29.0. The summed E-state index contributed by atoms with van der Waals surface area (Å²) in [5.41, 5.74) is 5.55. The van der Waals surface area contributed by atoms with Crippen LogP contribution in [0.25, 0.3) is 10.9 Å². The van der Waals surface area contributed by atoms with Crippen LogP contribution in [0.5, 0.6) is 5.75 Å². The van der Waals surface area contributed by atoms with Crippen molar-refractivity contribution in [2.24, 2.45) is 0 Å². The summed E-state index contributed by atoms with van der Waals surface area (Å²) in [6, 6.07) is 16.9. The van der Waals surface area contributed by atoms with Crippen LogP contribution >= 0.6 is 22.9 Å². The number of hydrogen-bond acceptors (Lipinski definition) is 8. The molecule has 0 spiro atoms. The maximum absolute atomic E-state index is 12.6. The quantitative estimate of drug-likeness (QED) is 0.0800. The second-order valence-electron chi connectivity index (χ2n) is 9.41. The van der Waals surface area contributed by atoms with Crippen LogP contribution in [0.15, 0.2) is 58.8 Å². The molecule has 0 bridgehead atoms. The number of thiophene rings is 1. The Kier molecular flexibility index (Phi) is 11.7. The van der Waals surface area contributed by atoms with E-state index in [4.69, 9.17) is 20.6 Å². The molecular formula is C29H33ClN4O5S2. The second-order valence-corrected chi connectivity index (χ2v) is 12.5. The monoisotopic (exact) mass is 616 g/mol. The summed E-state index contributed by atoms with van der Waals surface area (Å²) in [5.74, 6) is 1.01. The van der Waals surface area contributed by atoms with Crippen molar-refractivity contribution in [1.82, 2.24) is 15.1 Å². The number of nitrogens with one attached hydrogen (secondary N) is 2. The van der Waals surface area contributed by atoms with Crippen LogP contribution in [-0.2, 0) is 38.0 Å². The summed E-state index contributed by atoms with van der Waals surface area (Å²) in [5, 5.41) is 8.39. The van der Waals surface area contributed by atoms with Gasteiger partial charge in [0.2, 0.25) is 17.0 Å². The minimum absolute atomic E-state index is 0.0337. The number of hydrogen-bond donors (Lipinski definition) is 2. The third-order valence-corrected chi connectivity index (χ3v) is 8.81. The first-order valence-electron chi connectivity index (χ1n) is 13.4. The minimum Gasteiger partial charge on any atom is -0.496 e. The van der Waals surface area contributed by atoms with Gasteiger partial charge in [-0.1, -0.05) is 61.2 Å². The molecule has 0 saturated heterocycles. The van der Waals surface area contributed by atoms with Gasteiger partial charge < -0.3 is 14.8 Å². The Labute approximate surface area is 250 Å². The van der Waals surface area contributed by atoms with Crippen LogP contribution in [0.3, 0.4) is 0 Å². The fraction of sp³-hybridized carbons (Fsp3) is 0.345. The highest BCUT2D eigenvalue weighted by Crippen LogP contribution is 2.33. The number of nitrogens with zero attached hydrogens (tertiary/aromatic N) is 2. The van der Waals surface area contributed by atoms with E-state index in [2.05, 4.69) is 15.9 Å². The van der Waals surface area contributed by atoms with Gasteiger partial charge in [-0.25, -0.2) is 9.69 Å². The first-order valence-corrected chi connectivity index (χ1v) is 15.7. The van der Waals surface area contributed by atoms with Crippen molar-refractivity contribution in [3.63, 3.8) is 0 Å². The second kappa shape index (κ2) is 15.7. The predicted octanol–water partition coefficient (Wildman–Crippen LogP) is 6.42. The number of methoxy groups -OCH3 is 1. The maximum Gasteiger partial charge on any atom is 0.222 e. The molecule has 0 aliphatic heterocycles. The van der Waals surface area contributed by atoms with Gasteiger partial charge in [-0.2, -0.15) is 9.38 Å². The molecular weight excluding hydrogens is 584 g/mol. The molecule has 0 saturated carbocycles. The number of ether oxygens (including phenoxy) is 1. The van der Waals surface area contributed by atoms with E-state index in [1.54, 1.807) is 19.2 Å². The Morgan fingerprint density at radius 2 is 1.85 bits per heavy atom. The largest absolute Gasteiger partial charge is 0.496 e. The molecule has 0 aliphatic carbocycles. The van der Waals surface area contributed by atoms with Gasteiger partial charge in [-0.15, -0.1) is 11.3 Å². The summed E-state index contributed by atoms with van der Waals surface area (Å²) in [4.78, 5) is 22.7. The molecule has 0 fully saturated rings. The van der Waals surface area contributed by atoms with Crippen molar-refractivity contribution in [2.45, 2.75) is 62.2 Å². The van der Waals surface area contributed by atoms with Crippen LogP contribution in [-0.4, -0.2) is 33.3 Å². The molecule has 1 atom stereocenters. The van der Waals surface area contributed by atoms with Crippen LogP contribution in [0.4, 0.5) is 5.82 Å². The lowest BCUT2D eigenvalue weighted by Gasteiger charge is -2.09. The number of anilines is 1. The highest BCUT2D eigenvalue weighted by atomic mass is 35.5. The SMILES string of the molecule is COc1cccc2c1c(NOS(=O)c1ccc(Cl)s1)nn2Cc1cccc(CNC(=O)CCCCCCCC=O)c1. The summed E-state index contributed by atoms with van der Waals surface area (Å²) in [6.45, 7) is 0.903. The molecule has 41 heavy (non-hydrogen) atoms.